The van der Waals surface area contributed by atoms with Gasteiger partial charge >= 0.3 is 24.4 Å². The summed E-state index contributed by atoms with van der Waals surface area (Å²) in [6.45, 7) is 5.33. The molecule has 0 radical (unpaired) electrons. The fourth-order valence-corrected chi connectivity index (χ4v) is 3.74. The van der Waals surface area contributed by atoms with E-state index >= 15 is 0 Å². The fourth-order valence-electron chi connectivity index (χ4n) is 3.74. The topological polar surface area (TPSA) is 88.0 Å². The Bertz CT molecular complexity index is 1300. The van der Waals surface area contributed by atoms with Crippen LogP contribution < -0.4 is 5.73 Å². The third-order valence-corrected chi connectivity index (χ3v) is 5.29. The zero-order valence-electron chi connectivity index (χ0n) is 19.7. The van der Waals surface area contributed by atoms with Crippen molar-refractivity contribution < 1.29 is 44.7 Å². The number of carbonyl (C=O) groups excluding carboxylic acids is 1. The molecule has 0 saturated heterocycles. The molecule has 202 valence electrons. The quantitative estimate of drug-likeness (QED) is 0.396. The average molecular weight is 539 g/mol. The largest absolute Gasteiger partial charge is 0.459 e. The van der Waals surface area contributed by atoms with Crippen LogP contribution in [0.4, 0.5) is 39.9 Å². The van der Waals surface area contributed by atoms with Crippen molar-refractivity contribution in [2.75, 3.05) is 0 Å². The third-order valence-electron chi connectivity index (χ3n) is 5.29. The van der Waals surface area contributed by atoms with Gasteiger partial charge in [-0.05, 0) is 11.6 Å². The van der Waals surface area contributed by atoms with E-state index in [2.05, 4.69) is 10.1 Å². The molecule has 2 N–H and O–H groups in total. The van der Waals surface area contributed by atoms with Crippen molar-refractivity contribution in [1.29, 1.82) is 0 Å². The summed E-state index contributed by atoms with van der Waals surface area (Å²) in [5.41, 5.74) is 0.684. The molecule has 1 amide bonds. The van der Waals surface area contributed by atoms with Crippen molar-refractivity contribution in [3.05, 3.63) is 53.6 Å². The van der Waals surface area contributed by atoms with Crippen LogP contribution in [0.3, 0.4) is 0 Å². The number of hydrogen-bond donors (Lipinski definition) is 1. The molecular formula is C22H21F8N5O2. The highest BCUT2D eigenvalue weighted by Crippen LogP contribution is 2.49. The van der Waals surface area contributed by atoms with E-state index in [-0.39, 0.29) is 10.4 Å². The number of aromatic nitrogens is 4. The Morgan fingerprint density at radius 1 is 1.05 bits per heavy atom. The summed E-state index contributed by atoms with van der Waals surface area (Å²) in [5, 5.41) is 2.88. The molecule has 37 heavy (non-hydrogen) atoms. The first-order valence-corrected chi connectivity index (χ1v) is 10.4. The summed E-state index contributed by atoms with van der Waals surface area (Å²) in [6.07, 6.45) is -11.9. The maximum absolute atomic E-state index is 14.0. The van der Waals surface area contributed by atoms with Crippen molar-refractivity contribution in [1.82, 2.24) is 19.3 Å². The lowest BCUT2D eigenvalue weighted by molar-refractivity contribution is -0.292. The van der Waals surface area contributed by atoms with E-state index in [1.165, 1.54) is 12.1 Å². The number of amides is 1. The number of imidazole rings is 1. The number of nitrogens with zero attached hydrogens (tertiary/aromatic N) is 4. The van der Waals surface area contributed by atoms with Crippen LogP contribution in [0.15, 0.2) is 36.8 Å². The lowest BCUT2D eigenvalue weighted by atomic mass is 9.84. The molecule has 1 atom stereocenters. The molecule has 2 aromatic heterocycles. The number of hydrogen-bond acceptors (Lipinski definition) is 4. The number of alkyl halides is 8. The van der Waals surface area contributed by atoms with Crippen molar-refractivity contribution in [2.45, 2.75) is 45.2 Å². The third kappa shape index (κ3) is 5.39. The van der Waals surface area contributed by atoms with Crippen molar-refractivity contribution in [3.8, 4) is 17.1 Å². The SMILES string of the molecule is Cn1nc(C(F)(F)C(F)(F)F)c(C(F)(F)F)c1-n1cnc(-c2cccc(C(OC(N)=O)C(C)(C)C)c2)c1. The first-order valence-electron chi connectivity index (χ1n) is 10.4. The summed E-state index contributed by atoms with van der Waals surface area (Å²) >= 11 is 0. The maximum Gasteiger partial charge on any atom is 0.459 e. The van der Waals surface area contributed by atoms with Gasteiger partial charge in [0.15, 0.2) is 5.69 Å². The van der Waals surface area contributed by atoms with E-state index in [9.17, 15) is 39.9 Å². The minimum atomic E-state index is -6.31. The van der Waals surface area contributed by atoms with Gasteiger partial charge < -0.3 is 10.5 Å². The number of rotatable bonds is 5. The maximum atomic E-state index is 14.0. The Hall–Kier alpha value is -3.65. The van der Waals surface area contributed by atoms with Crippen LogP contribution in [0.2, 0.25) is 0 Å². The smallest absolute Gasteiger partial charge is 0.441 e. The van der Waals surface area contributed by atoms with Gasteiger partial charge in [0.05, 0.1) is 5.69 Å². The van der Waals surface area contributed by atoms with Crippen LogP contribution in [0.5, 0.6) is 0 Å². The highest BCUT2D eigenvalue weighted by atomic mass is 19.4. The number of nitrogens with two attached hydrogens (primary N) is 1. The number of aryl methyl sites for hydroxylation is 1. The fraction of sp³-hybridized carbons (Fsp3) is 0.409. The van der Waals surface area contributed by atoms with Crippen molar-refractivity contribution >= 4 is 6.09 Å². The average Bonchev–Trinajstić information content (AvgIpc) is 3.34. The molecule has 15 heteroatoms. The molecule has 3 rings (SSSR count). The molecule has 0 bridgehead atoms. The summed E-state index contributed by atoms with van der Waals surface area (Å²) < 4.78 is 114. The van der Waals surface area contributed by atoms with E-state index in [1.54, 1.807) is 32.9 Å². The number of carbonyl (C=O) groups is 1. The van der Waals surface area contributed by atoms with Gasteiger partial charge in [0.1, 0.15) is 23.8 Å². The van der Waals surface area contributed by atoms with E-state index in [1.807, 2.05) is 0 Å². The van der Waals surface area contributed by atoms with Crippen LogP contribution in [0.25, 0.3) is 17.1 Å². The lowest BCUT2D eigenvalue weighted by Gasteiger charge is -2.30. The van der Waals surface area contributed by atoms with Gasteiger partial charge in [-0.15, -0.1) is 0 Å². The predicted molar refractivity (Wildman–Crippen MR) is 114 cm³/mol. The van der Waals surface area contributed by atoms with E-state index < -0.39 is 53.0 Å². The van der Waals surface area contributed by atoms with Crippen LogP contribution in [0, 0.1) is 5.41 Å². The standard InChI is InChI=1S/C22H21F8N5O2/c1-19(2,3)16(37-18(31)36)12-7-5-6-11(8-12)13-9-35(10-32-13)17-14(21(25,26)27)15(33-34(17)4)20(23,24)22(28,29)30/h5-10,16H,1-4H3,(H2,31,36). The van der Waals surface area contributed by atoms with Gasteiger partial charge in [-0.1, -0.05) is 39.0 Å². The molecule has 2 heterocycles. The van der Waals surface area contributed by atoms with Gasteiger partial charge in [-0.3, -0.25) is 9.25 Å². The Kier molecular flexibility index (Phi) is 6.81. The van der Waals surface area contributed by atoms with Crippen LogP contribution in [0.1, 0.15) is 43.7 Å². The Morgan fingerprint density at radius 3 is 2.19 bits per heavy atom. The zero-order chi connectivity index (χ0) is 28.1. The number of primary amides is 1. The van der Waals surface area contributed by atoms with Crippen molar-refractivity contribution in [3.63, 3.8) is 0 Å². The predicted octanol–water partition coefficient (Wildman–Crippen LogP) is 6.13. The van der Waals surface area contributed by atoms with Crippen LogP contribution >= 0.6 is 0 Å². The van der Waals surface area contributed by atoms with Gasteiger partial charge in [0, 0.05) is 24.2 Å². The first kappa shape index (κ1) is 27.9. The molecule has 1 unspecified atom stereocenters. The second-order valence-electron chi connectivity index (χ2n) is 9.22. The molecule has 0 aliphatic rings. The summed E-state index contributed by atoms with van der Waals surface area (Å²) in [5.74, 6) is -6.96. The first-order chi connectivity index (χ1) is 16.7. The Morgan fingerprint density at radius 2 is 1.68 bits per heavy atom. The number of halogens is 8. The van der Waals surface area contributed by atoms with Gasteiger partial charge in [0.25, 0.3) is 0 Å². The van der Waals surface area contributed by atoms with E-state index in [4.69, 9.17) is 10.5 Å². The molecule has 0 aliphatic carbocycles. The molecule has 0 spiro atoms. The van der Waals surface area contributed by atoms with Crippen LogP contribution in [-0.4, -0.2) is 31.6 Å². The highest BCUT2D eigenvalue weighted by Gasteiger charge is 2.64. The molecular weight excluding hydrogens is 518 g/mol. The molecule has 0 saturated carbocycles. The number of ether oxygens (including phenoxy) is 1. The Labute approximate surface area is 204 Å². The van der Waals surface area contributed by atoms with Crippen LogP contribution in [-0.2, 0) is 23.9 Å². The molecule has 7 nitrogen and oxygen atoms in total. The Balaban J connectivity index is 2.14. The molecule has 1 aromatic carbocycles. The molecule has 0 aliphatic heterocycles. The second-order valence-corrected chi connectivity index (χ2v) is 9.22. The minimum Gasteiger partial charge on any atom is -0.441 e. The molecule has 0 fully saturated rings. The second kappa shape index (κ2) is 9.03. The lowest BCUT2D eigenvalue weighted by Crippen LogP contribution is -2.36. The van der Waals surface area contributed by atoms with E-state index in [0.29, 0.717) is 15.7 Å². The van der Waals surface area contributed by atoms with Gasteiger partial charge in [0.2, 0.25) is 0 Å². The monoisotopic (exact) mass is 539 g/mol. The number of benzene rings is 1. The van der Waals surface area contributed by atoms with Crippen molar-refractivity contribution in [2.24, 2.45) is 18.2 Å². The highest BCUT2D eigenvalue weighted by molar-refractivity contribution is 5.65. The summed E-state index contributed by atoms with van der Waals surface area (Å²) in [7, 11) is 0.802. The normalized spacial score (nSPS) is 14.1. The summed E-state index contributed by atoms with van der Waals surface area (Å²) in [6, 6.07) is 6.23. The van der Waals surface area contributed by atoms with Gasteiger partial charge in [-0.25, -0.2) is 9.78 Å². The van der Waals surface area contributed by atoms with Gasteiger partial charge in [-0.2, -0.15) is 40.2 Å². The minimum absolute atomic E-state index is 0.0482. The zero-order valence-corrected chi connectivity index (χ0v) is 19.7. The molecule has 3 aromatic rings. The summed E-state index contributed by atoms with van der Waals surface area (Å²) in [4.78, 5) is 15.4. The van der Waals surface area contributed by atoms with E-state index in [0.717, 1.165) is 19.6 Å².